The van der Waals surface area contributed by atoms with Crippen LogP contribution in [0.1, 0.15) is 28.9 Å². The number of aromatic hydroxyl groups is 1. The SMILES string of the molecule is C[C@@H](NC(=O)COC(=O)c1cccc(O)c1)c1ccc(F)cc1F. The van der Waals surface area contributed by atoms with Crippen LogP contribution in [0.3, 0.4) is 0 Å². The summed E-state index contributed by atoms with van der Waals surface area (Å²) in [6, 6.07) is 7.80. The topological polar surface area (TPSA) is 75.6 Å². The zero-order valence-corrected chi connectivity index (χ0v) is 12.8. The number of phenols is 1. The van der Waals surface area contributed by atoms with Gasteiger partial charge in [-0.15, -0.1) is 0 Å². The molecule has 0 heterocycles. The van der Waals surface area contributed by atoms with E-state index < -0.39 is 36.2 Å². The molecule has 2 aromatic rings. The van der Waals surface area contributed by atoms with Crippen molar-refractivity contribution in [2.75, 3.05) is 6.61 Å². The highest BCUT2D eigenvalue weighted by atomic mass is 19.1. The first-order valence-corrected chi connectivity index (χ1v) is 7.07. The summed E-state index contributed by atoms with van der Waals surface area (Å²) in [7, 11) is 0. The summed E-state index contributed by atoms with van der Waals surface area (Å²) in [5.74, 6) is -3.01. The summed E-state index contributed by atoms with van der Waals surface area (Å²) in [6.07, 6.45) is 0. The predicted octanol–water partition coefficient (Wildman–Crippen LogP) is 2.70. The van der Waals surface area contributed by atoms with E-state index in [1.54, 1.807) is 0 Å². The average molecular weight is 335 g/mol. The summed E-state index contributed by atoms with van der Waals surface area (Å²) >= 11 is 0. The Kier molecular flexibility index (Phi) is 5.47. The van der Waals surface area contributed by atoms with Crippen molar-refractivity contribution in [2.24, 2.45) is 0 Å². The average Bonchev–Trinajstić information content (AvgIpc) is 2.52. The van der Waals surface area contributed by atoms with Crippen molar-refractivity contribution in [3.05, 3.63) is 65.2 Å². The number of benzene rings is 2. The number of amides is 1. The highest BCUT2D eigenvalue weighted by Gasteiger charge is 2.16. The lowest BCUT2D eigenvalue weighted by atomic mass is 10.1. The van der Waals surface area contributed by atoms with Crippen LogP contribution in [-0.4, -0.2) is 23.6 Å². The maximum atomic E-state index is 13.6. The second-order valence-electron chi connectivity index (χ2n) is 5.08. The van der Waals surface area contributed by atoms with E-state index in [-0.39, 0.29) is 16.9 Å². The highest BCUT2D eigenvalue weighted by Crippen LogP contribution is 2.17. The lowest BCUT2D eigenvalue weighted by Crippen LogP contribution is -2.31. The van der Waals surface area contributed by atoms with Gasteiger partial charge in [-0.2, -0.15) is 0 Å². The number of carbonyl (C=O) groups is 2. The maximum Gasteiger partial charge on any atom is 0.338 e. The summed E-state index contributed by atoms with van der Waals surface area (Å²) in [5.41, 5.74) is 0.212. The molecule has 0 aromatic heterocycles. The molecule has 2 rings (SSSR count). The summed E-state index contributed by atoms with van der Waals surface area (Å²) < 4.78 is 31.3. The molecule has 2 aromatic carbocycles. The van der Waals surface area contributed by atoms with E-state index in [1.165, 1.54) is 37.3 Å². The molecule has 2 N–H and O–H groups in total. The molecular formula is C17H15F2NO4. The molecule has 7 heteroatoms. The highest BCUT2D eigenvalue weighted by molar-refractivity contribution is 5.91. The van der Waals surface area contributed by atoms with Gasteiger partial charge >= 0.3 is 5.97 Å². The van der Waals surface area contributed by atoms with Crippen molar-refractivity contribution in [3.8, 4) is 5.75 Å². The van der Waals surface area contributed by atoms with E-state index in [9.17, 15) is 23.5 Å². The van der Waals surface area contributed by atoms with Gasteiger partial charge in [-0.05, 0) is 31.2 Å². The van der Waals surface area contributed by atoms with Crippen LogP contribution < -0.4 is 5.32 Å². The third-order valence-corrected chi connectivity index (χ3v) is 3.22. The number of carbonyl (C=O) groups excluding carboxylic acids is 2. The number of esters is 1. The Balaban J connectivity index is 1.90. The molecule has 0 radical (unpaired) electrons. The van der Waals surface area contributed by atoms with Crippen molar-refractivity contribution in [3.63, 3.8) is 0 Å². The minimum Gasteiger partial charge on any atom is -0.508 e. The zero-order chi connectivity index (χ0) is 17.7. The van der Waals surface area contributed by atoms with Gasteiger partial charge in [0, 0.05) is 11.6 Å². The number of phenolic OH excluding ortho intramolecular Hbond substituents is 1. The van der Waals surface area contributed by atoms with E-state index in [1.807, 2.05) is 0 Å². The Morgan fingerprint density at radius 3 is 2.62 bits per heavy atom. The minimum absolute atomic E-state index is 0.0976. The standard InChI is InChI=1S/C17H15F2NO4/c1-10(14-6-5-12(18)8-15(14)19)20-16(22)9-24-17(23)11-3-2-4-13(21)7-11/h2-8,10,21H,9H2,1H3,(H,20,22)/t10-/m1/s1. The van der Waals surface area contributed by atoms with Crippen LogP contribution >= 0.6 is 0 Å². The van der Waals surface area contributed by atoms with E-state index in [0.717, 1.165) is 12.1 Å². The molecule has 0 bridgehead atoms. The van der Waals surface area contributed by atoms with Crippen molar-refractivity contribution in [1.82, 2.24) is 5.32 Å². The van der Waals surface area contributed by atoms with Crippen molar-refractivity contribution < 1.29 is 28.2 Å². The van der Waals surface area contributed by atoms with Gasteiger partial charge < -0.3 is 15.2 Å². The van der Waals surface area contributed by atoms with Crippen LogP contribution in [0, 0.1) is 11.6 Å². The molecule has 0 aliphatic heterocycles. The number of ether oxygens (including phenoxy) is 1. The van der Waals surface area contributed by atoms with Crippen molar-refractivity contribution >= 4 is 11.9 Å². The molecule has 5 nitrogen and oxygen atoms in total. The second-order valence-corrected chi connectivity index (χ2v) is 5.08. The molecule has 0 spiro atoms. The first-order valence-electron chi connectivity index (χ1n) is 7.07. The first kappa shape index (κ1) is 17.4. The molecule has 0 saturated carbocycles. The molecule has 0 saturated heterocycles. The molecule has 0 fully saturated rings. The van der Waals surface area contributed by atoms with Crippen molar-refractivity contribution in [2.45, 2.75) is 13.0 Å². The molecule has 1 amide bonds. The molecular weight excluding hydrogens is 320 g/mol. The quantitative estimate of drug-likeness (QED) is 0.824. The van der Waals surface area contributed by atoms with Crippen LogP contribution in [0.2, 0.25) is 0 Å². The largest absolute Gasteiger partial charge is 0.508 e. The summed E-state index contributed by atoms with van der Waals surface area (Å²) in [6.45, 7) is 0.951. The first-order chi connectivity index (χ1) is 11.4. The Hall–Kier alpha value is -2.96. The molecule has 126 valence electrons. The van der Waals surface area contributed by atoms with Crippen molar-refractivity contribution in [1.29, 1.82) is 0 Å². The number of hydrogen-bond donors (Lipinski definition) is 2. The Labute approximate surface area is 136 Å². The number of rotatable bonds is 5. The lowest BCUT2D eigenvalue weighted by Gasteiger charge is -2.15. The van der Waals surface area contributed by atoms with E-state index >= 15 is 0 Å². The lowest BCUT2D eigenvalue weighted by molar-refractivity contribution is -0.124. The number of hydrogen-bond acceptors (Lipinski definition) is 4. The Bertz CT molecular complexity index is 764. The summed E-state index contributed by atoms with van der Waals surface area (Å²) in [4.78, 5) is 23.5. The van der Waals surface area contributed by atoms with Gasteiger partial charge in [0.05, 0.1) is 11.6 Å². The maximum absolute atomic E-state index is 13.6. The Morgan fingerprint density at radius 1 is 1.21 bits per heavy atom. The fraction of sp³-hybridized carbons (Fsp3) is 0.176. The molecule has 0 unspecified atom stereocenters. The smallest absolute Gasteiger partial charge is 0.338 e. The van der Waals surface area contributed by atoms with E-state index in [4.69, 9.17) is 4.74 Å². The van der Waals surface area contributed by atoms with Crippen LogP contribution in [0.5, 0.6) is 5.75 Å². The van der Waals surface area contributed by atoms with Gasteiger partial charge in [-0.25, -0.2) is 13.6 Å². The molecule has 0 aliphatic carbocycles. The number of nitrogens with one attached hydrogen (secondary N) is 1. The van der Waals surface area contributed by atoms with Gasteiger partial charge in [0.15, 0.2) is 6.61 Å². The third-order valence-electron chi connectivity index (χ3n) is 3.22. The fourth-order valence-corrected chi connectivity index (χ4v) is 2.06. The third kappa shape index (κ3) is 4.52. The molecule has 0 aliphatic rings. The number of halogens is 2. The molecule has 1 atom stereocenters. The monoisotopic (exact) mass is 335 g/mol. The van der Waals surface area contributed by atoms with E-state index in [0.29, 0.717) is 0 Å². The molecule has 24 heavy (non-hydrogen) atoms. The fourth-order valence-electron chi connectivity index (χ4n) is 2.06. The van der Waals surface area contributed by atoms with Gasteiger partial charge in [-0.1, -0.05) is 12.1 Å². The van der Waals surface area contributed by atoms with Crippen LogP contribution in [0.15, 0.2) is 42.5 Å². The Morgan fingerprint density at radius 2 is 1.96 bits per heavy atom. The van der Waals surface area contributed by atoms with E-state index in [2.05, 4.69) is 5.32 Å². The van der Waals surface area contributed by atoms with Gasteiger partial charge in [-0.3, -0.25) is 4.79 Å². The van der Waals surface area contributed by atoms with Gasteiger partial charge in [0.1, 0.15) is 17.4 Å². The van der Waals surface area contributed by atoms with Crippen LogP contribution in [-0.2, 0) is 9.53 Å². The van der Waals surface area contributed by atoms with Gasteiger partial charge in [0.2, 0.25) is 0 Å². The normalized spacial score (nSPS) is 11.6. The van der Waals surface area contributed by atoms with Crippen LogP contribution in [0.4, 0.5) is 8.78 Å². The predicted molar refractivity (Wildman–Crippen MR) is 81.3 cm³/mol. The summed E-state index contributed by atoms with van der Waals surface area (Å²) in [5, 5.41) is 11.7. The second kappa shape index (κ2) is 7.54. The minimum atomic E-state index is -0.778. The van der Waals surface area contributed by atoms with Crippen LogP contribution in [0.25, 0.3) is 0 Å². The zero-order valence-electron chi connectivity index (χ0n) is 12.8. The van der Waals surface area contributed by atoms with Gasteiger partial charge in [0.25, 0.3) is 5.91 Å².